The Hall–Kier alpha value is -1.23. The number of nitrogens with two attached hydrogens (primary N) is 1. The first kappa shape index (κ1) is 12.8. The molecule has 1 aliphatic rings. The monoisotopic (exact) mass is 274 g/mol. The number of hydrogen-bond donors (Lipinski definition) is 1. The molecule has 3 rings (SSSR count). The van der Waals surface area contributed by atoms with Gasteiger partial charge in [0, 0.05) is 23.6 Å². The number of thiazole rings is 1. The number of rotatable bonds is 3. The molecule has 2 aromatic rings. The molecular formula is C15H18N2OS. The van der Waals surface area contributed by atoms with E-state index in [2.05, 4.69) is 19.1 Å². The summed E-state index contributed by atoms with van der Waals surface area (Å²) in [5, 5.41) is 1.06. The third-order valence-corrected chi connectivity index (χ3v) is 4.92. The second-order valence-electron chi connectivity index (χ2n) is 5.04. The molecule has 0 bridgehead atoms. The van der Waals surface area contributed by atoms with Crippen LogP contribution in [0, 0.1) is 0 Å². The second kappa shape index (κ2) is 5.04. The first-order chi connectivity index (χ1) is 9.23. The van der Waals surface area contributed by atoms with Crippen molar-refractivity contribution in [3.05, 3.63) is 40.2 Å². The molecular weight excluding hydrogens is 256 g/mol. The van der Waals surface area contributed by atoms with Crippen molar-refractivity contribution in [1.82, 2.24) is 4.98 Å². The molecule has 1 unspecified atom stereocenters. The van der Waals surface area contributed by atoms with E-state index in [-0.39, 0.29) is 5.60 Å². The molecule has 4 heteroatoms. The number of aromatic nitrogens is 1. The minimum absolute atomic E-state index is 0.221. The summed E-state index contributed by atoms with van der Waals surface area (Å²) in [6.07, 6.45) is 2.15. The molecule has 2 N–H and O–H groups in total. The average Bonchev–Trinajstić information content (AvgIpc) is 3.06. The van der Waals surface area contributed by atoms with E-state index in [1.165, 1.54) is 0 Å². The van der Waals surface area contributed by atoms with Gasteiger partial charge in [-0.2, -0.15) is 0 Å². The zero-order chi connectivity index (χ0) is 13.3. The molecule has 0 aliphatic carbocycles. The van der Waals surface area contributed by atoms with Crippen LogP contribution in [-0.4, -0.2) is 11.6 Å². The van der Waals surface area contributed by atoms with Crippen LogP contribution in [0.25, 0.3) is 11.3 Å². The van der Waals surface area contributed by atoms with Gasteiger partial charge in [-0.25, -0.2) is 4.98 Å². The SMILES string of the molecule is CC1(c2nc(-c3ccccc3)c(CN)s2)CCCO1. The Kier molecular flexibility index (Phi) is 3.39. The zero-order valence-electron chi connectivity index (χ0n) is 11.1. The van der Waals surface area contributed by atoms with Gasteiger partial charge in [0.25, 0.3) is 0 Å². The lowest BCUT2D eigenvalue weighted by Crippen LogP contribution is -2.19. The maximum atomic E-state index is 5.88. The molecule has 0 radical (unpaired) electrons. The molecule has 1 aliphatic heterocycles. The molecule has 0 saturated carbocycles. The van der Waals surface area contributed by atoms with Gasteiger partial charge < -0.3 is 10.5 Å². The van der Waals surface area contributed by atoms with Crippen LogP contribution < -0.4 is 5.73 Å². The molecule has 1 aromatic heterocycles. The van der Waals surface area contributed by atoms with Crippen LogP contribution in [0.1, 0.15) is 29.7 Å². The van der Waals surface area contributed by atoms with E-state index in [4.69, 9.17) is 15.5 Å². The van der Waals surface area contributed by atoms with Gasteiger partial charge in [-0.3, -0.25) is 0 Å². The van der Waals surface area contributed by atoms with Crippen LogP contribution >= 0.6 is 11.3 Å². The smallest absolute Gasteiger partial charge is 0.125 e. The van der Waals surface area contributed by atoms with E-state index in [9.17, 15) is 0 Å². The molecule has 1 aromatic carbocycles. The van der Waals surface area contributed by atoms with Gasteiger partial charge in [0.2, 0.25) is 0 Å². The summed E-state index contributed by atoms with van der Waals surface area (Å²) in [6, 6.07) is 10.2. The Morgan fingerprint density at radius 3 is 2.79 bits per heavy atom. The maximum absolute atomic E-state index is 5.88. The van der Waals surface area contributed by atoms with E-state index in [0.29, 0.717) is 6.54 Å². The first-order valence-corrected chi connectivity index (χ1v) is 7.44. The third-order valence-electron chi connectivity index (χ3n) is 3.60. The number of ether oxygens (including phenoxy) is 1. The van der Waals surface area contributed by atoms with Gasteiger partial charge in [-0.1, -0.05) is 30.3 Å². The highest BCUT2D eigenvalue weighted by molar-refractivity contribution is 7.12. The van der Waals surface area contributed by atoms with Crippen molar-refractivity contribution in [2.75, 3.05) is 6.61 Å². The van der Waals surface area contributed by atoms with Gasteiger partial charge in [0.05, 0.1) is 5.69 Å². The van der Waals surface area contributed by atoms with Crippen molar-refractivity contribution >= 4 is 11.3 Å². The Morgan fingerprint density at radius 2 is 2.16 bits per heavy atom. The summed E-state index contributed by atoms with van der Waals surface area (Å²) in [4.78, 5) is 5.96. The number of hydrogen-bond acceptors (Lipinski definition) is 4. The van der Waals surface area contributed by atoms with E-state index < -0.39 is 0 Å². The maximum Gasteiger partial charge on any atom is 0.125 e. The summed E-state index contributed by atoms with van der Waals surface area (Å²) < 4.78 is 5.88. The van der Waals surface area contributed by atoms with Crippen LogP contribution in [0.5, 0.6) is 0 Å². The lowest BCUT2D eigenvalue weighted by molar-refractivity contribution is 0.0167. The third kappa shape index (κ3) is 2.31. The molecule has 1 saturated heterocycles. The molecule has 0 spiro atoms. The molecule has 3 nitrogen and oxygen atoms in total. The lowest BCUT2D eigenvalue weighted by atomic mass is 10.0. The fourth-order valence-electron chi connectivity index (χ4n) is 2.49. The quantitative estimate of drug-likeness (QED) is 0.934. The van der Waals surface area contributed by atoms with Gasteiger partial charge >= 0.3 is 0 Å². The highest BCUT2D eigenvalue weighted by Gasteiger charge is 2.35. The van der Waals surface area contributed by atoms with Crippen molar-refractivity contribution in [3.8, 4) is 11.3 Å². The van der Waals surface area contributed by atoms with Gasteiger partial charge in [0.1, 0.15) is 10.6 Å². The average molecular weight is 274 g/mol. The Balaban J connectivity index is 2.04. The summed E-state index contributed by atoms with van der Waals surface area (Å²) in [7, 11) is 0. The van der Waals surface area contributed by atoms with Gasteiger partial charge in [0.15, 0.2) is 0 Å². The van der Waals surface area contributed by atoms with Gasteiger partial charge in [-0.05, 0) is 19.8 Å². The molecule has 0 amide bonds. The van der Waals surface area contributed by atoms with Crippen molar-refractivity contribution in [2.24, 2.45) is 5.73 Å². The van der Waals surface area contributed by atoms with Crippen LogP contribution in [0.4, 0.5) is 0 Å². The standard InChI is InChI=1S/C15H18N2OS/c1-15(8-5-9-18-15)14-17-13(12(10-16)19-14)11-6-3-2-4-7-11/h2-4,6-7H,5,8-10,16H2,1H3. The molecule has 100 valence electrons. The summed E-state index contributed by atoms with van der Waals surface area (Å²) >= 11 is 1.69. The minimum atomic E-state index is -0.221. The van der Waals surface area contributed by atoms with Crippen molar-refractivity contribution in [1.29, 1.82) is 0 Å². The van der Waals surface area contributed by atoms with Crippen molar-refractivity contribution < 1.29 is 4.74 Å². The van der Waals surface area contributed by atoms with Crippen LogP contribution in [0.3, 0.4) is 0 Å². The Morgan fingerprint density at radius 1 is 1.37 bits per heavy atom. The Labute approximate surface area is 117 Å². The molecule has 2 heterocycles. The molecule has 1 fully saturated rings. The highest BCUT2D eigenvalue weighted by Crippen LogP contribution is 2.40. The summed E-state index contributed by atoms with van der Waals surface area (Å²) in [6.45, 7) is 3.49. The topological polar surface area (TPSA) is 48.1 Å². The Bertz CT molecular complexity index is 559. The predicted octanol–water partition coefficient (Wildman–Crippen LogP) is 3.29. The van der Waals surface area contributed by atoms with E-state index >= 15 is 0 Å². The van der Waals surface area contributed by atoms with Crippen LogP contribution in [-0.2, 0) is 16.9 Å². The number of nitrogens with zero attached hydrogens (tertiary/aromatic N) is 1. The van der Waals surface area contributed by atoms with Gasteiger partial charge in [-0.15, -0.1) is 11.3 Å². The minimum Gasteiger partial charge on any atom is -0.368 e. The predicted molar refractivity (Wildman–Crippen MR) is 78.0 cm³/mol. The lowest BCUT2D eigenvalue weighted by Gasteiger charge is -2.19. The van der Waals surface area contributed by atoms with Crippen molar-refractivity contribution in [2.45, 2.75) is 31.9 Å². The summed E-state index contributed by atoms with van der Waals surface area (Å²) in [5.41, 5.74) is 7.80. The van der Waals surface area contributed by atoms with E-state index in [1.54, 1.807) is 11.3 Å². The largest absolute Gasteiger partial charge is 0.368 e. The fraction of sp³-hybridized carbons (Fsp3) is 0.400. The van der Waals surface area contributed by atoms with Crippen molar-refractivity contribution in [3.63, 3.8) is 0 Å². The zero-order valence-corrected chi connectivity index (χ0v) is 11.9. The van der Waals surface area contributed by atoms with E-state index in [0.717, 1.165) is 40.6 Å². The normalized spacial score (nSPS) is 22.8. The highest BCUT2D eigenvalue weighted by atomic mass is 32.1. The fourth-order valence-corrected chi connectivity index (χ4v) is 3.58. The number of benzene rings is 1. The molecule has 19 heavy (non-hydrogen) atoms. The second-order valence-corrected chi connectivity index (χ2v) is 6.13. The van der Waals surface area contributed by atoms with E-state index in [1.807, 2.05) is 18.2 Å². The van der Waals surface area contributed by atoms with Crippen LogP contribution in [0.2, 0.25) is 0 Å². The first-order valence-electron chi connectivity index (χ1n) is 6.62. The van der Waals surface area contributed by atoms with Crippen LogP contribution in [0.15, 0.2) is 30.3 Å². The molecule has 1 atom stereocenters. The summed E-state index contributed by atoms with van der Waals surface area (Å²) in [5.74, 6) is 0.